The number of benzene rings is 3. The van der Waals surface area contributed by atoms with Gasteiger partial charge in [0, 0.05) is 49.8 Å². The highest BCUT2D eigenvalue weighted by Crippen LogP contribution is 2.44. The predicted molar refractivity (Wildman–Crippen MR) is 176 cm³/mol. The summed E-state index contributed by atoms with van der Waals surface area (Å²) in [5.74, 6) is -0.826. The molecule has 1 N–H and O–H groups in total. The van der Waals surface area contributed by atoms with E-state index in [-0.39, 0.29) is 54.6 Å². The molecule has 2 atom stereocenters. The zero-order valence-corrected chi connectivity index (χ0v) is 27.5. The number of aromatic hydroxyl groups is 1. The van der Waals surface area contributed by atoms with Crippen LogP contribution in [0.1, 0.15) is 44.6 Å². The Morgan fingerprint density at radius 1 is 1.06 bits per heavy atom. The lowest BCUT2D eigenvalue weighted by atomic mass is 9.92. The summed E-state index contributed by atoms with van der Waals surface area (Å²) >= 11 is 0. The van der Waals surface area contributed by atoms with Crippen LogP contribution >= 0.6 is 0 Å². The van der Waals surface area contributed by atoms with E-state index < -0.39 is 38.1 Å². The lowest BCUT2D eigenvalue weighted by Crippen LogP contribution is -2.48. The van der Waals surface area contributed by atoms with Gasteiger partial charge in [0.1, 0.15) is 35.7 Å². The van der Waals surface area contributed by atoms with Crippen LogP contribution in [-0.4, -0.2) is 90.2 Å². The first kappa shape index (κ1) is 31.6. The van der Waals surface area contributed by atoms with Crippen molar-refractivity contribution < 1.29 is 36.2 Å². The van der Waals surface area contributed by atoms with Crippen LogP contribution in [0, 0.1) is 11.6 Å². The second-order valence-electron chi connectivity index (χ2n) is 13.6. The number of hydrogen-bond acceptors (Lipinski definition) is 9. The van der Waals surface area contributed by atoms with Gasteiger partial charge in [0.2, 0.25) is 0 Å². The van der Waals surface area contributed by atoms with Gasteiger partial charge in [0.25, 0.3) is 0 Å². The molecule has 0 unspecified atom stereocenters. The molecule has 9 nitrogen and oxygen atoms in total. The van der Waals surface area contributed by atoms with Gasteiger partial charge in [-0.05, 0) is 72.0 Å². The second-order valence-corrected chi connectivity index (χ2v) is 15.9. The first-order chi connectivity index (χ1) is 23.0. The summed E-state index contributed by atoms with van der Waals surface area (Å²) in [6, 6.07) is 9.07. The molecule has 3 aromatic carbocycles. The summed E-state index contributed by atoms with van der Waals surface area (Å²) in [6.07, 6.45) is 1.91. The van der Waals surface area contributed by atoms with E-state index in [1.54, 1.807) is 18.2 Å². The summed E-state index contributed by atoms with van der Waals surface area (Å²) < 4.78 is 84.2. The monoisotopic (exact) mass is 682 g/mol. The number of rotatable bonds is 6. The van der Waals surface area contributed by atoms with E-state index in [1.165, 1.54) is 18.2 Å². The number of halogens is 3. The Balaban J connectivity index is 1.24. The van der Waals surface area contributed by atoms with Crippen LogP contribution < -0.4 is 9.64 Å². The third kappa shape index (κ3) is 4.91. The van der Waals surface area contributed by atoms with Crippen molar-refractivity contribution in [3.63, 3.8) is 0 Å². The molecule has 48 heavy (non-hydrogen) atoms. The van der Waals surface area contributed by atoms with Crippen LogP contribution in [0.25, 0.3) is 32.8 Å². The van der Waals surface area contributed by atoms with Crippen LogP contribution in [-0.2, 0) is 21.0 Å². The topological polar surface area (TPSA) is 105 Å². The maximum Gasteiger partial charge on any atom is 0.319 e. The Labute approximate surface area is 276 Å². The molecule has 254 valence electrons. The second kappa shape index (κ2) is 11.4. The number of aryl methyl sites for hydroxylation is 1. The predicted octanol–water partition coefficient (Wildman–Crippen LogP) is 5.69. The number of piperidine rings is 1. The molecular formula is C35H37F3N4O5S. The zero-order chi connectivity index (χ0) is 33.4. The Kier molecular flexibility index (Phi) is 7.53. The van der Waals surface area contributed by atoms with Gasteiger partial charge in [-0.2, -0.15) is 9.97 Å². The van der Waals surface area contributed by atoms with Crippen molar-refractivity contribution in [2.75, 3.05) is 50.0 Å². The van der Waals surface area contributed by atoms with E-state index >= 15 is 4.39 Å². The van der Waals surface area contributed by atoms with Crippen LogP contribution in [0.5, 0.6) is 11.8 Å². The molecule has 0 saturated carbocycles. The fourth-order valence-corrected chi connectivity index (χ4v) is 10.2. The van der Waals surface area contributed by atoms with E-state index in [0.717, 1.165) is 19.4 Å². The average Bonchev–Trinajstić information content (AvgIpc) is 3.69. The van der Waals surface area contributed by atoms with Crippen molar-refractivity contribution in [3.05, 3.63) is 53.6 Å². The van der Waals surface area contributed by atoms with Gasteiger partial charge in [0.05, 0.1) is 17.9 Å². The molecule has 4 saturated heterocycles. The third-order valence-electron chi connectivity index (χ3n) is 10.9. The molecule has 1 spiro atoms. The van der Waals surface area contributed by atoms with Gasteiger partial charge in [-0.25, -0.2) is 21.6 Å². The lowest BCUT2D eigenvalue weighted by Gasteiger charge is -2.38. The van der Waals surface area contributed by atoms with E-state index in [2.05, 4.69) is 9.88 Å². The number of hydrogen-bond donors (Lipinski definition) is 1. The summed E-state index contributed by atoms with van der Waals surface area (Å²) in [4.78, 5) is 12.1. The quantitative estimate of drug-likeness (QED) is 0.275. The standard InChI is InChI=1S/C35H37F3N4O5S/c1-2-24-28(37)7-4-21-16-23(43)17-27(29(21)24)25-5-6-26-31(30(25)38)39-33(46-20-34-8-3-11-42(34)19-22(36)18-34)40-32(26)41-12-9-35(10-13-41)47-14-15-48(35,44)45/h4-7,16-17,22,43H,2-3,8-15,18-20H2,1H3/t22-,34+/m1/s1. The number of nitrogens with zero attached hydrogens (tertiary/aromatic N) is 4. The van der Waals surface area contributed by atoms with Gasteiger partial charge < -0.3 is 19.5 Å². The first-order valence-corrected chi connectivity index (χ1v) is 18.3. The maximum atomic E-state index is 16.9. The number of phenols is 1. The molecule has 4 aliphatic rings. The Hall–Kier alpha value is -3.68. The minimum absolute atomic E-state index is 0.0126. The molecule has 0 bridgehead atoms. The smallest absolute Gasteiger partial charge is 0.319 e. The number of aromatic nitrogens is 2. The largest absolute Gasteiger partial charge is 0.508 e. The summed E-state index contributed by atoms with van der Waals surface area (Å²) in [5, 5.41) is 12.1. The number of sulfone groups is 1. The van der Waals surface area contributed by atoms with Crippen molar-refractivity contribution in [1.29, 1.82) is 0 Å². The third-order valence-corrected chi connectivity index (χ3v) is 13.3. The van der Waals surface area contributed by atoms with Crippen LogP contribution in [0.4, 0.5) is 19.0 Å². The van der Waals surface area contributed by atoms with Crippen LogP contribution in [0.15, 0.2) is 36.4 Å². The van der Waals surface area contributed by atoms with E-state index in [4.69, 9.17) is 14.5 Å². The first-order valence-electron chi connectivity index (χ1n) is 16.6. The molecule has 8 rings (SSSR count). The molecule has 0 aliphatic carbocycles. The molecule has 4 aromatic rings. The zero-order valence-electron chi connectivity index (χ0n) is 26.6. The average molecular weight is 683 g/mol. The molecular weight excluding hydrogens is 645 g/mol. The van der Waals surface area contributed by atoms with Gasteiger partial charge in [-0.15, -0.1) is 0 Å². The summed E-state index contributed by atoms with van der Waals surface area (Å²) in [7, 11) is -3.42. The molecule has 5 heterocycles. The number of alkyl halides is 1. The van der Waals surface area contributed by atoms with Gasteiger partial charge >= 0.3 is 6.01 Å². The highest BCUT2D eigenvalue weighted by atomic mass is 32.2. The maximum absolute atomic E-state index is 16.9. The molecule has 13 heteroatoms. The molecule has 4 fully saturated rings. The molecule has 1 aromatic heterocycles. The minimum atomic E-state index is -3.42. The SMILES string of the molecule is CCc1c(F)ccc2cc(O)cc(-c3ccc4c(N5CCC6(CC5)OCCS6(=O)=O)nc(OC[C@@]56CCCN5C[C@H](F)C6)nc4c3F)c12. The molecule has 0 radical (unpaired) electrons. The van der Waals surface area contributed by atoms with Gasteiger partial charge in [0.15, 0.2) is 20.6 Å². The Morgan fingerprint density at radius 2 is 1.88 bits per heavy atom. The number of fused-ring (bicyclic) bond motifs is 3. The molecule has 0 amide bonds. The van der Waals surface area contributed by atoms with Crippen LogP contribution in [0.3, 0.4) is 0 Å². The van der Waals surface area contributed by atoms with Crippen molar-refractivity contribution >= 4 is 37.3 Å². The molecule has 4 aliphatic heterocycles. The normalized spacial score (nSPS) is 25.0. The summed E-state index contributed by atoms with van der Waals surface area (Å²) in [5.41, 5.74) is 0.347. The fourth-order valence-electron chi connectivity index (χ4n) is 8.47. The van der Waals surface area contributed by atoms with Crippen molar-refractivity contribution in [2.45, 2.75) is 62.1 Å². The Morgan fingerprint density at radius 3 is 2.62 bits per heavy atom. The highest BCUT2D eigenvalue weighted by Gasteiger charge is 2.51. The number of phenolic OH excluding ortho intramolecular Hbond substituents is 1. The van der Waals surface area contributed by atoms with Crippen molar-refractivity contribution in [1.82, 2.24) is 14.9 Å². The van der Waals surface area contributed by atoms with Crippen LogP contribution in [0.2, 0.25) is 0 Å². The van der Waals surface area contributed by atoms with E-state index in [1.807, 2.05) is 11.8 Å². The highest BCUT2D eigenvalue weighted by molar-refractivity contribution is 7.92. The van der Waals surface area contributed by atoms with E-state index in [0.29, 0.717) is 65.6 Å². The summed E-state index contributed by atoms with van der Waals surface area (Å²) in [6.45, 7) is 3.85. The van der Waals surface area contributed by atoms with Crippen molar-refractivity contribution in [2.24, 2.45) is 0 Å². The lowest BCUT2D eigenvalue weighted by molar-refractivity contribution is 0.0285. The number of anilines is 1. The Bertz CT molecular complexity index is 2060. The number of ether oxygens (including phenoxy) is 2. The fraction of sp³-hybridized carbons (Fsp3) is 0.486. The van der Waals surface area contributed by atoms with Crippen molar-refractivity contribution in [3.8, 4) is 22.9 Å². The van der Waals surface area contributed by atoms with E-state index in [9.17, 15) is 22.3 Å². The van der Waals surface area contributed by atoms with Gasteiger partial charge in [-0.1, -0.05) is 19.1 Å². The van der Waals surface area contributed by atoms with Gasteiger partial charge in [-0.3, -0.25) is 4.90 Å². The minimum Gasteiger partial charge on any atom is -0.508 e.